The lowest BCUT2D eigenvalue weighted by Gasteiger charge is -2.38. The second-order valence-corrected chi connectivity index (χ2v) is 8.63. The van der Waals surface area contributed by atoms with Crippen LogP contribution in [-0.2, 0) is 4.79 Å². The first kappa shape index (κ1) is 24.3. The fraction of sp³-hybridized carbons (Fsp3) is 0.346. The lowest BCUT2D eigenvalue weighted by atomic mass is 9.77. The van der Waals surface area contributed by atoms with Gasteiger partial charge in [0.05, 0.1) is 0 Å². The van der Waals surface area contributed by atoms with Crippen molar-refractivity contribution in [2.24, 2.45) is 5.41 Å². The lowest BCUT2D eigenvalue weighted by Crippen LogP contribution is -2.32. The topological polar surface area (TPSA) is 32.3 Å². The van der Waals surface area contributed by atoms with Crippen LogP contribution in [-0.4, -0.2) is 24.4 Å². The maximum atomic E-state index is 13.6. The number of nitrogens with one attached hydrogen (secondary N) is 1. The van der Waals surface area contributed by atoms with Gasteiger partial charge in [-0.15, -0.1) is 0 Å². The number of halogens is 2. The second kappa shape index (κ2) is 10.4. The molecule has 166 valence electrons. The van der Waals surface area contributed by atoms with Crippen molar-refractivity contribution >= 4 is 11.6 Å². The van der Waals surface area contributed by atoms with E-state index < -0.39 is 23.2 Å². The van der Waals surface area contributed by atoms with Gasteiger partial charge >= 0.3 is 0 Å². The van der Waals surface area contributed by atoms with Crippen molar-refractivity contribution in [3.05, 3.63) is 88.7 Å². The number of amides is 1. The zero-order valence-corrected chi connectivity index (χ0v) is 19.2. The van der Waals surface area contributed by atoms with Crippen LogP contribution in [0.25, 0.3) is 0 Å². The van der Waals surface area contributed by atoms with Gasteiger partial charge in [0.25, 0.3) is 0 Å². The number of rotatable bonds is 6. The number of allylic oxidation sites excluding steroid dienone is 9. The SMILES string of the molecule is CC1=C(/C=C/C(C)=C/C=C/C(C)=C/C(=O)Nc2c(F)cccc2F)C(C)(C)CCN1C. The average molecular weight is 427 g/mol. The highest BCUT2D eigenvalue weighted by atomic mass is 19.1. The van der Waals surface area contributed by atoms with E-state index in [0.717, 1.165) is 30.7 Å². The molecule has 1 aliphatic rings. The van der Waals surface area contributed by atoms with Crippen LogP contribution in [0.4, 0.5) is 14.5 Å². The van der Waals surface area contributed by atoms with Crippen LogP contribution in [0.5, 0.6) is 0 Å². The highest BCUT2D eigenvalue weighted by Gasteiger charge is 2.28. The van der Waals surface area contributed by atoms with E-state index in [-0.39, 0.29) is 5.41 Å². The van der Waals surface area contributed by atoms with Gasteiger partial charge in [-0.1, -0.05) is 55.9 Å². The Labute approximate surface area is 184 Å². The van der Waals surface area contributed by atoms with E-state index in [0.29, 0.717) is 5.57 Å². The number of carbonyl (C=O) groups excluding carboxylic acids is 1. The maximum absolute atomic E-state index is 13.6. The molecule has 1 aliphatic heterocycles. The summed E-state index contributed by atoms with van der Waals surface area (Å²) >= 11 is 0. The lowest BCUT2D eigenvalue weighted by molar-refractivity contribution is -0.112. The van der Waals surface area contributed by atoms with Crippen molar-refractivity contribution in [3.63, 3.8) is 0 Å². The first-order valence-electron chi connectivity index (χ1n) is 10.4. The summed E-state index contributed by atoms with van der Waals surface area (Å²) in [6.07, 6.45) is 12.3. The minimum Gasteiger partial charge on any atom is -0.378 e. The van der Waals surface area contributed by atoms with Gasteiger partial charge in [-0.3, -0.25) is 4.79 Å². The molecule has 0 spiro atoms. The first-order chi connectivity index (χ1) is 14.5. The Hall–Kier alpha value is -2.95. The highest BCUT2D eigenvalue weighted by molar-refractivity contribution is 6.00. The molecule has 2 rings (SSSR count). The van der Waals surface area contributed by atoms with Gasteiger partial charge in [-0.2, -0.15) is 0 Å². The Morgan fingerprint density at radius 2 is 1.77 bits per heavy atom. The van der Waals surface area contributed by atoms with E-state index in [9.17, 15) is 13.6 Å². The average Bonchev–Trinajstić information content (AvgIpc) is 2.68. The molecule has 0 saturated carbocycles. The van der Waals surface area contributed by atoms with Crippen molar-refractivity contribution in [1.29, 1.82) is 0 Å². The van der Waals surface area contributed by atoms with E-state index in [1.165, 1.54) is 23.4 Å². The van der Waals surface area contributed by atoms with Crippen LogP contribution >= 0.6 is 0 Å². The predicted molar refractivity (Wildman–Crippen MR) is 125 cm³/mol. The molecule has 0 unspecified atom stereocenters. The highest BCUT2D eigenvalue weighted by Crippen LogP contribution is 2.38. The quantitative estimate of drug-likeness (QED) is 0.413. The van der Waals surface area contributed by atoms with Crippen LogP contribution < -0.4 is 5.32 Å². The van der Waals surface area contributed by atoms with Crippen molar-refractivity contribution in [3.8, 4) is 0 Å². The third-order valence-corrected chi connectivity index (χ3v) is 5.56. The molecule has 0 aliphatic carbocycles. The van der Waals surface area contributed by atoms with Gasteiger partial charge in [0, 0.05) is 25.4 Å². The molecule has 1 aromatic carbocycles. The monoisotopic (exact) mass is 426 g/mol. The molecular weight excluding hydrogens is 394 g/mol. The number of hydrogen-bond donors (Lipinski definition) is 1. The Balaban J connectivity index is 2.03. The smallest absolute Gasteiger partial charge is 0.248 e. The van der Waals surface area contributed by atoms with Crippen LogP contribution in [0.1, 0.15) is 41.0 Å². The van der Waals surface area contributed by atoms with Gasteiger partial charge in [-0.05, 0) is 55.9 Å². The Morgan fingerprint density at radius 3 is 2.42 bits per heavy atom. The summed E-state index contributed by atoms with van der Waals surface area (Å²) in [5.41, 5.74) is 4.08. The summed E-state index contributed by atoms with van der Waals surface area (Å²) in [6, 6.07) is 3.44. The van der Waals surface area contributed by atoms with E-state index in [2.05, 4.69) is 50.2 Å². The molecular formula is C26H32F2N2O. The zero-order chi connectivity index (χ0) is 23.2. The van der Waals surface area contributed by atoms with Crippen LogP contribution in [0.2, 0.25) is 0 Å². The van der Waals surface area contributed by atoms with Crippen LogP contribution in [0.15, 0.2) is 77.1 Å². The van der Waals surface area contributed by atoms with E-state index in [4.69, 9.17) is 0 Å². The number of para-hydroxylation sites is 1. The molecule has 0 atom stereocenters. The number of hydrogen-bond acceptors (Lipinski definition) is 2. The Bertz CT molecular complexity index is 961. The number of carbonyl (C=O) groups is 1. The molecule has 1 N–H and O–H groups in total. The van der Waals surface area contributed by atoms with E-state index in [1.807, 2.05) is 19.1 Å². The standard InChI is InChI=1S/C26H32F2N2O/c1-18(13-14-21-20(3)30(6)16-15-26(21,4)5)9-7-10-19(2)17-24(31)29-25-22(27)11-8-12-23(25)28/h7-14,17H,15-16H2,1-6H3,(H,29,31)/b10-7+,14-13+,18-9+,19-17+. The summed E-state index contributed by atoms with van der Waals surface area (Å²) < 4.78 is 27.3. The fourth-order valence-electron chi connectivity index (χ4n) is 3.44. The zero-order valence-electron chi connectivity index (χ0n) is 19.2. The Morgan fingerprint density at radius 1 is 1.13 bits per heavy atom. The molecule has 0 saturated heterocycles. The van der Waals surface area contributed by atoms with Gasteiger partial charge in [-0.25, -0.2) is 8.78 Å². The van der Waals surface area contributed by atoms with Gasteiger partial charge in [0.1, 0.15) is 17.3 Å². The molecule has 31 heavy (non-hydrogen) atoms. The third kappa shape index (κ3) is 6.78. The first-order valence-corrected chi connectivity index (χ1v) is 10.4. The molecule has 0 fully saturated rings. The minimum atomic E-state index is -0.807. The number of anilines is 1. The fourth-order valence-corrected chi connectivity index (χ4v) is 3.44. The molecule has 1 heterocycles. The molecule has 5 heteroatoms. The summed E-state index contributed by atoms with van der Waals surface area (Å²) in [6.45, 7) is 11.5. The van der Waals surface area contributed by atoms with Crippen LogP contribution in [0.3, 0.4) is 0 Å². The van der Waals surface area contributed by atoms with Crippen molar-refractivity contribution in [1.82, 2.24) is 4.90 Å². The van der Waals surface area contributed by atoms with E-state index in [1.54, 1.807) is 13.0 Å². The van der Waals surface area contributed by atoms with Crippen molar-refractivity contribution in [2.45, 2.75) is 41.0 Å². The second-order valence-electron chi connectivity index (χ2n) is 8.63. The normalized spacial score (nSPS) is 17.7. The van der Waals surface area contributed by atoms with Gasteiger partial charge in [0.2, 0.25) is 5.91 Å². The summed E-state index contributed by atoms with van der Waals surface area (Å²) in [5.74, 6) is -2.20. The molecule has 1 aromatic rings. The van der Waals surface area contributed by atoms with Gasteiger partial charge in [0.15, 0.2) is 0 Å². The Kier molecular flexibility index (Phi) is 8.14. The third-order valence-electron chi connectivity index (χ3n) is 5.56. The molecule has 3 nitrogen and oxygen atoms in total. The minimum absolute atomic E-state index is 0.146. The van der Waals surface area contributed by atoms with Gasteiger partial charge < -0.3 is 10.2 Å². The summed E-state index contributed by atoms with van der Waals surface area (Å²) in [4.78, 5) is 14.3. The molecule has 0 radical (unpaired) electrons. The summed E-state index contributed by atoms with van der Waals surface area (Å²) in [7, 11) is 2.12. The molecule has 1 amide bonds. The molecule has 0 bridgehead atoms. The number of benzene rings is 1. The van der Waals surface area contributed by atoms with Crippen LogP contribution in [0, 0.1) is 17.0 Å². The largest absolute Gasteiger partial charge is 0.378 e. The van der Waals surface area contributed by atoms with Crippen molar-refractivity contribution in [2.75, 3.05) is 18.9 Å². The van der Waals surface area contributed by atoms with E-state index >= 15 is 0 Å². The maximum Gasteiger partial charge on any atom is 0.248 e. The molecule has 0 aromatic heterocycles. The predicted octanol–water partition coefficient (Wildman–Crippen LogP) is 6.54. The summed E-state index contributed by atoms with van der Waals surface area (Å²) in [5, 5.41) is 2.25. The number of nitrogens with zero attached hydrogens (tertiary/aromatic N) is 1. The van der Waals surface area contributed by atoms with Crippen molar-refractivity contribution < 1.29 is 13.6 Å².